The first-order chi connectivity index (χ1) is 13.2. The fourth-order valence-electron chi connectivity index (χ4n) is 4.06. The van der Waals surface area contributed by atoms with E-state index in [-0.39, 0.29) is 24.0 Å². The van der Waals surface area contributed by atoms with Gasteiger partial charge in [0.25, 0.3) is 0 Å². The van der Waals surface area contributed by atoms with Crippen LogP contribution in [0.2, 0.25) is 0 Å². The number of nitrogens with one attached hydrogen (secondary N) is 2. The van der Waals surface area contributed by atoms with Crippen molar-refractivity contribution in [2.75, 3.05) is 20.1 Å². The second-order valence-electron chi connectivity index (χ2n) is 7.62. The minimum absolute atomic E-state index is 0. The first-order valence-electron chi connectivity index (χ1n) is 10.2. The molecule has 2 aromatic rings. The lowest BCUT2D eigenvalue weighted by atomic mass is 9.83. The molecule has 1 aromatic carbocycles. The molecule has 1 aliphatic carbocycles. The third-order valence-electron chi connectivity index (χ3n) is 5.91. The molecule has 0 atom stereocenters. The fourth-order valence-corrected chi connectivity index (χ4v) is 4.06. The van der Waals surface area contributed by atoms with Gasteiger partial charge >= 0.3 is 0 Å². The topological polar surface area (TPSA) is 54.2 Å². The van der Waals surface area contributed by atoms with Gasteiger partial charge in [-0.1, -0.05) is 50.1 Å². The molecule has 1 fully saturated rings. The molecule has 6 heteroatoms. The maximum atomic E-state index is 4.53. The monoisotopic (exact) mass is 495 g/mol. The fraction of sp³-hybridized carbons (Fsp3) is 0.545. The van der Waals surface area contributed by atoms with Gasteiger partial charge in [0, 0.05) is 45.5 Å². The maximum Gasteiger partial charge on any atom is 0.191 e. The van der Waals surface area contributed by atoms with Crippen LogP contribution in [0, 0.1) is 5.41 Å². The number of rotatable bonds is 8. The molecule has 5 nitrogen and oxygen atoms in total. The molecular weight excluding hydrogens is 461 g/mol. The third kappa shape index (κ3) is 6.22. The summed E-state index contributed by atoms with van der Waals surface area (Å²) >= 11 is 0. The van der Waals surface area contributed by atoms with Crippen LogP contribution in [0.15, 0.2) is 47.7 Å². The Morgan fingerprint density at radius 1 is 1.18 bits per heavy atom. The Bertz CT molecular complexity index is 720. The predicted molar refractivity (Wildman–Crippen MR) is 127 cm³/mol. The summed E-state index contributed by atoms with van der Waals surface area (Å²) in [6.07, 6.45) is 11.5. The highest BCUT2D eigenvalue weighted by molar-refractivity contribution is 14.0. The molecule has 1 saturated carbocycles. The van der Waals surface area contributed by atoms with Gasteiger partial charge in [-0.05, 0) is 30.2 Å². The molecule has 0 unspecified atom stereocenters. The predicted octanol–water partition coefficient (Wildman–Crippen LogP) is 4.23. The van der Waals surface area contributed by atoms with E-state index in [1.807, 2.05) is 13.2 Å². The van der Waals surface area contributed by atoms with E-state index in [0.29, 0.717) is 5.41 Å². The zero-order chi connectivity index (χ0) is 19.0. The highest BCUT2D eigenvalue weighted by atomic mass is 127. The standard InChI is InChI=1S/C22H33N5.HI/c1-3-22(12-7-8-13-22)18-26-21(23-2)25-14-11-20-24-15-16-27(20)17-19-9-5-4-6-10-19;/h4-6,9-10,15-16H,3,7-8,11-14,17-18H2,1-2H3,(H2,23,25,26);1H. The van der Waals surface area contributed by atoms with Crippen LogP contribution in [0.25, 0.3) is 0 Å². The van der Waals surface area contributed by atoms with Gasteiger partial charge in [-0.25, -0.2) is 4.98 Å². The first-order valence-corrected chi connectivity index (χ1v) is 10.2. The van der Waals surface area contributed by atoms with E-state index in [1.54, 1.807) is 0 Å². The molecule has 0 spiro atoms. The number of benzene rings is 1. The summed E-state index contributed by atoms with van der Waals surface area (Å²) < 4.78 is 2.22. The lowest BCUT2D eigenvalue weighted by molar-refractivity contribution is 0.283. The summed E-state index contributed by atoms with van der Waals surface area (Å²) in [4.78, 5) is 8.92. The number of halogens is 1. The number of imidazole rings is 1. The zero-order valence-corrected chi connectivity index (χ0v) is 19.5. The second-order valence-corrected chi connectivity index (χ2v) is 7.62. The number of aromatic nitrogens is 2. The Morgan fingerprint density at radius 2 is 1.93 bits per heavy atom. The Morgan fingerprint density at radius 3 is 2.61 bits per heavy atom. The summed E-state index contributed by atoms with van der Waals surface area (Å²) in [5.74, 6) is 2.00. The molecule has 28 heavy (non-hydrogen) atoms. The first kappa shape index (κ1) is 22.7. The molecule has 3 rings (SSSR count). The molecule has 0 bridgehead atoms. The summed E-state index contributed by atoms with van der Waals surface area (Å²) in [7, 11) is 1.85. The van der Waals surface area contributed by atoms with E-state index in [2.05, 4.69) is 68.6 Å². The highest BCUT2D eigenvalue weighted by Gasteiger charge is 2.31. The van der Waals surface area contributed by atoms with Gasteiger partial charge < -0.3 is 15.2 Å². The number of guanidine groups is 1. The number of aliphatic imine (C=N–C) groups is 1. The zero-order valence-electron chi connectivity index (χ0n) is 17.2. The molecule has 1 aromatic heterocycles. The van der Waals surface area contributed by atoms with Crippen molar-refractivity contribution >= 4 is 29.9 Å². The smallest absolute Gasteiger partial charge is 0.191 e. The Labute approximate surface area is 186 Å². The van der Waals surface area contributed by atoms with Crippen LogP contribution in [-0.2, 0) is 13.0 Å². The van der Waals surface area contributed by atoms with Crippen LogP contribution in [0.3, 0.4) is 0 Å². The Kier molecular flexibility index (Phi) is 9.28. The molecule has 0 radical (unpaired) electrons. The van der Waals surface area contributed by atoms with Crippen molar-refractivity contribution in [2.45, 2.75) is 52.0 Å². The average molecular weight is 495 g/mol. The SMILES string of the molecule is CCC1(CNC(=NC)NCCc2nccn2Cc2ccccc2)CCCC1.I. The third-order valence-corrected chi connectivity index (χ3v) is 5.91. The van der Waals surface area contributed by atoms with E-state index in [0.717, 1.165) is 37.8 Å². The van der Waals surface area contributed by atoms with Crippen LogP contribution in [-0.4, -0.2) is 35.6 Å². The summed E-state index contributed by atoms with van der Waals surface area (Å²) in [5.41, 5.74) is 1.76. The van der Waals surface area contributed by atoms with Crippen molar-refractivity contribution in [1.82, 2.24) is 20.2 Å². The molecular formula is C22H34IN5. The lowest BCUT2D eigenvalue weighted by Crippen LogP contribution is -2.43. The van der Waals surface area contributed by atoms with E-state index < -0.39 is 0 Å². The van der Waals surface area contributed by atoms with Crippen molar-refractivity contribution in [1.29, 1.82) is 0 Å². The summed E-state index contributed by atoms with van der Waals surface area (Å²) in [6.45, 7) is 5.02. The number of hydrogen-bond acceptors (Lipinski definition) is 2. The van der Waals surface area contributed by atoms with Gasteiger partial charge in [-0.3, -0.25) is 4.99 Å². The van der Waals surface area contributed by atoms with Gasteiger partial charge in [0.1, 0.15) is 5.82 Å². The van der Waals surface area contributed by atoms with E-state index >= 15 is 0 Å². The van der Waals surface area contributed by atoms with Gasteiger partial charge in [-0.2, -0.15) is 0 Å². The normalized spacial score (nSPS) is 15.9. The van der Waals surface area contributed by atoms with Gasteiger partial charge in [0.05, 0.1) is 0 Å². The summed E-state index contributed by atoms with van der Waals surface area (Å²) in [6, 6.07) is 10.5. The molecule has 1 aliphatic rings. The second kappa shape index (κ2) is 11.4. The van der Waals surface area contributed by atoms with Crippen LogP contribution in [0.5, 0.6) is 0 Å². The van der Waals surface area contributed by atoms with Crippen LogP contribution >= 0.6 is 24.0 Å². The minimum atomic E-state index is 0. The van der Waals surface area contributed by atoms with Crippen LogP contribution in [0.1, 0.15) is 50.4 Å². The molecule has 1 heterocycles. The maximum absolute atomic E-state index is 4.53. The lowest BCUT2D eigenvalue weighted by Gasteiger charge is -2.28. The van der Waals surface area contributed by atoms with Crippen molar-refractivity contribution < 1.29 is 0 Å². The van der Waals surface area contributed by atoms with Crippen LogP contribution < -0.4 is 10.6 Å². The Balaban J connectivity index is 0.00000280. The number of nitrogens with zero attached hydrogens (tertiary/aromatic N) is 3. The molecule has 0 amide bonds. The van der Waals surface area contributed by atoms with Crippen molar-refractivity contribution in [3.63, 3.8) is 0 Å². The minimum Gasteiger partial charge on any atom is -0.356 e. The molecule has 0 aliphatic heterocycles. The van der Waals surface area contributed by atoms with Gasteiger partial charge in [0.15, 0.2) is 5.96 Å². The number of hydrogen-bond donors (Lipinski definition) is 2. The largest absolute Gasteiger partial charge is 0.356 e. The van der Waals surface area contributed by atoms with Crippen molar-refractivity contribution in [3.05, 3.63) is 54.1 Å². The molecule has 0 saturated heterocycles. The van der Waals surface area contributed by atoms with E-state index in [9.17, 15) is 0 Å². The highest BCUT2D eigenvalue weighted by Crippen LogP contribution is 2.40. The molecule has 154 valence electrons. The average Bonchev–Trinajstić information content (AvgIpc) is 3.35. The van der Waals surface area contributed by atoms with E-state index in [1.165, 1.54) is 37.7 Å². The Hall–Kier alpha value is -1.57. The van der Waals surface area contributed by atoms with Crippen molar-refractivity contribution in [2.24, 2.45) is 10.4 Å². The van der Waals surface area contributed by atoms with E-state index in [4.69, 9.17) is 0 Å². The van der Waals surface area contributed by atoms with Crippen molar-refractivity contribution in [3.8, 4) is 0 Å². The van der Waals surface area contributed by atoms with Gasteiger partial charge in [-0.15, -0.1) is 24.0 Å². The summed E-state index contributed by atoms with van der Waals surface area (Å²) in [5, 5.41) is 7.00. The quantitative estimate of drug-likeness (QED) is 0.328. The van der Waals surface area contributed by atoms with Crippen LogP contribution in [0.4, 0.5) is 0 Å². The molecule has 2 N–H and O–H groups in total. The van der Waals surface area contributed by atoms with Gasteiger partial charge in [0.2, 0.25) is 0 Å².